The highest BCUT2D eigenvalue weighted by molar-refractivity contribution is 5.78. The third kappa shape index (κ3) is 2.38. The van der Waals surface area contributed by atoms with E-state index in [1.165, 1.54) is 0 Å². The third-order valence-corrected chi connectivity index (χ3v) is 3.27. The maximum absolute atomic E-state index is 11.2. The summed E-state index contributed by atoms with van der Waals surface area (Å²) in [4.78, 5) is 16.7. The Balaban J connectivity index is 1.86. The van der Waals surface area contributed by atoms with Crippen molar-refractivity contribution in [2.45, 2.75) is 13.0 Å². The van der Waals surface area contributed by atoms with Crippen molar-refractivity contribution < 1.29 is 5.11 Å². The summed E-state index contributed by atoms with van der Waals surface area (Å²) in [7, 11) is 0. The van der Waals surface area contributed by atoms with Gasteiger partial charge in [-0.3, -0.25) is 0 Å². The van der Waals surface area contributed by atoms with Gasteiger partial charge in [0.2, 0.25) is 0 Å². The van der Waals surface area contributed by atoms with Gasteiger partial charge in [0.1, 0.15) is 5.75 Å². The molecule has 1 aromatic heterocycles. The lowest BCUT2D eigenvalue weighted by Gasteiger charge is -2.16. The van der Waals surface area contributed by atoms with Crippen LogP contribution in [0, 0.1) is 0 Å². The van der Waals surface area contributed by atoms with Gasteiger partial charge < -0.3 is 20.4 Å². The van der Waals surface area contributed by atoms with Gasteiger partial charge in [0.05, 0.1) is 11.0 Å². The van der Waals surface area contributed by atoms with Crippen LogP contribution in [0.1, 0.15) is 18.5 Å². The number of nitrogens with one attached hydrogen (secondary N) is 3. The lowest BCUT2D eigenvalue weighted by atomic mass is 10.1. The van der Waals surface area contributed by atoms with Crippen molar-refractivity contribution in [2.24, 2.45) is 0 Å². The van der Waals surface area contributed by atoms with E-state index in [0.29, 0.717) is 0 Å². The van der Waals surface area contributed by atoms with Crippen molar-refractivity contribution in [2.75, 3.05) is 5.32 Å². The number of rotatable bonds is 3. The summed E-state index contributed by atoms with van der Waals surface area (Å²) in [5.74, 6) is 0.251. The molecule has 2 aromatic carbocycles. The first-order chi connectivity index (χ1) is 9.61. The normalized spacial score (nSPS) is 12.4. The molecule has 0 radical (unpaired) electrons. The zero-order valence-electron chi connectivity index (χ0n) is 11.0. The molecule has 0 saturated carbocycles. The molecule has 1 heterocycles. The van der Waals surface area contributed by atoms with Crippen LogP contribution in [0.15, 0.2) is 47.3 Å². The van der Waals surface area contributed by atoms with Crippen molar-refractivity contribution in [3.05, 3.63) is 58.5 Å². The second-order valence-electron chi connectivity index (χ2n) is 4.80. The van der Waals surface area contributed by atoms with Crippen LogP contribution in [0.25, 0.3) is 11.0 Å². The number of phenols is 1. The molecule has 20 heavy (non-hydrogen) atoms. The maximum Gasteiger partial charge on any atom is 0.323 e. The highest BCUT2D eigenvalue weighted by Gasteiger charge is 2.07. The SMILES string of the molecule is CC(Nc1ccc2[nH]c(=O)[nH]c2c1)c1cccc(O)c1. The smallest absolute Gasteiger partial charge is 0.323 e. The number of phenolic OH excluding ortho intramolecular Hbond substituents is 1. The van der Waals surface area contributed by atoms with Gasteiger partial charge in [-0.1, -0.05) is 12.1 Å². The zero-order chi connectivity index (χ0) is 14.1. The Morgan fingerprint density at radius 1 is 1.10 bits per heavy atom. The van der Waals surface area contributed by atoms with Gasteiger partial charge >= 0.3 is 5.69 Å². The van der Waals surface area contributed by atoms with Crippen LogP contribution in [0.5, 0.6) is 5.75 Å². The molecule has 5 heteroatoms. The highest BCUT2D eigenvalue weighted by Crippen LogP contribution is 2.23. The molecular weight excluding hydrogens is 254 g/mol. The quantitative estimate of drug-likeness (QED) is 0.590. The summed E-state index contributed by atoms with van der Waals surface area (Å²) in [6.07, 6.45) is 0. The Bertz CT molecular complexity index is 804. The lowest BCUT2D eigenvalue weighted by Crippen LogP contribution is -2.06. The average Bonchev–Trinajstić information content (AvgIpc) is 2.78. The van der Waals surface area contributed by atoms with E-state index in [1.54, 1.807) is 12.1 Å². The number of H-pyrrole nitrogens is 2. The summed E-state index contributed by atoms with van der Waals surface area (Å²) in [6.45, 7) is 2.01. The van der Waals surface area contributed by atoms with Crippen molar-refractivity contribution in [1.29, 1.82) is 0 Å². The number of aromatic nitrogens is 2. The van der Waals surface area contributed by atoms with E-state index in [2.05, 4.69) is 15.3 Å². The molecule has 4 N–H and O–H groups in total. The summed E-state index contributed by atoms with van der Waals surface area (Å²) in [6, 6.07) is 12.8. The molecule has 3 aromatic rings. The number of hydrogen-bond donors (Lipinski definition) is 4. The van der Waals surface area contributed by atoms with Gasteiger partial charge in [-0.25, -0.2) is 4.79 Å². The topological polar surface area (TPSA) is 80.9 Å². The van der Waals surface area contributed by atoms with Gasteiger partial charge in [-0.15, -0.1) is 0 Å². The number of aromatic hydroxyl groups is 1. The van der Waals surface area contributed by atoms with Gasteiger partial charge in [0.15, 0.2) is 0 Å². The van der Waals surface area contributed by atoms with E-state index in [1.807, 2.05) is 37.3 Å². The standard InChI is InChI=1S/C15H15N3O2/c1-9(10-3-2-4-12(19)7-10)16-11-5-6-13-14(8-11)18-15(20)17-13/h2-9,16,19H,1H3,(H2,17,18,20). The minimum absolute atomic E-state index is 0.0465. The predicted molar refractivity (Wildman–Crippen MR) is 79.1 cm³/mol. The minimum atomic E-state index is -0.210. The van der Waals surface area contributed by atoms with E-state index in [-0.39, 0.29) is 17.5 Å². The summed E-state index contributed by atoms with van der Waals surface area (Å²) < 4.78 is 0. The first-order valence-electron chi connectivity index (χ1n) is 6.39. The first-order valence-corrected chi connectivity index (χ1v) is 6.39. The molecule has 1 atom stereocenters. The Morgan fingerprint density at radius 3 is 2.70 bits per heavy atom. The number of anilines is 1. The summed E-state index contributed by atoms with van der Waals surface area (Å²) in [5.41, 5.74) is 3.24. The average molecular weight is 269 g/mol. The van der Waals surface area contributed by atoms with Crippen LogP contribution in [0.2, 0.25) is 0 Å². The van der Waals surface area contributed by atoms with E-state index < -0.39 is 0 Å². The van der Waals surface area contributed by atoms with Crippen LogP contribution in [0.4, 0.5) is 5.69 Å². The van der Waals surface area contributed by atoms with Crippen LogP contribution in [0.3, 0.4) is 0 Å². The number of hydrogen-bond acceptors (Lipinski definition) is 3. The number of imidazole rings is 1. The fraction of sp³-hybridized carbons (Fsp3) is 0.133. The molecule has 0 aliphatic rings. The number of fused-ring (bicyclic) bond motifs is 1. The van der Waals surface area contributed by atoms with Crippen molar-refractivity contribution in [1.82, 2.24) is 9.97 Å². The molecule has 0 aliphatic heterocycles. The van der Waals surface area contributed by atoms with E-state index in [9.17, 15) is 9.90 Å². The van der Waals surface area contributed by atoms with Crippen molar-refractivity contribution in [3.63, 3.8) is 0 Å². The molecule has 0 saturated heterocycles. The van der Waals surface area contributed by atoms with Crippen LogP contribution >= 0.6 is 0 Å². The first kappa shape index (κ1) is 12.3. The molecule has 0 aliphatic carbocycles. The number of aromatic amines is 2. The highest BCUT2D eigenvalue weighted by atomic mass is 16.3. The molecule has 1 unspecified atom stereocenters. The monoisotopic (exact) mass is 269 g/mol. The minimum Gasteiger partial charge on any atom is -0.508 e. The van der Waals surface area contributed by atoms with E-state index >= 15 is 0 Å². The Labute approximate surface area is 115 Å². The molecule has 0 spiro atoms. The molecule has 3 rings (SSSR count). The van der Waals surface area contributed by atoms with Crippen LogP contribution in [-0.4, -0.2) is 15.1 Å². The third-order valence-electron chi connectivity index (χ3n) is 3.27. The van der Waals surface area contributed by atoms with Gasteiger partial charge in [0.25, 0.3) is 0 Å². The molecule has 102 valence electrons. The van der Waals surface area contributed by atoms with Crippen LogP contribution < -0.4 is 11.0 Å². The molecule has 0 fully saturated rings. The number of benzene rings is 2. The van der Waals surface area contributed by atoms with Crippen LogP contribution in [-0.2, 0) is 0 Å². The zero-order valence-corrected chi connectivity index (χ0v) is 11.0. The fourth-order valence-electron chi connectivity index (χ4n) is 2.25. The molecule has 0 amide bonds. The Hall–Kier alpha value is -2.69. The predicted octanol–water partition coefficient (Wildman–Crippen LogP) is 2.73. The van der Waals surface area contributed by atoms with E-state index in [0.717, 1.165) is 22.3 Å². The second-order valence-corrected chi connectivity index (χ2v) is 4.80. The van der Waals surface area contributed by atoms with Crippen molar-refractivity contribution in [3.8, 4) is 5.75 Å². The molecule has 0 bridgehead atoms. The van der Waals surface area contributed by atoms with Gasteiger partial charge in [-0.2, -0.15) is 0 Å². The van der Waals surface area contributed by atoms with Gasteiger partial charge in [0, 0.05) is 11.7 Å². The largest absolute Gasteiger partial charge is 0.508 e. The van der Waals surface area contributed by atoms with Gasteiger partial charge in [-0.05, 0) is 42.8 Å². The summed E-state index contributed by atoms with van der Waals surface area (Å²) >= 11 is 0. The molecular formula is C15H15N3O2. The maximum atomic E-state index is 11.2. The second kappa shape index (κ2) is 4.77. The van der Waals surface area contributed by atoms with E-state index in [4.69, 9.17) is 0 Å². The van der Waals surface area contributed by atoms with Crippen molar-refractivity contribution >= 4 is 16.7 Å². The molecule has 5 nitrogen and oxygen atoms in total. The Kier molecular flexibility index (Phi) is 2.95. The fourth-order valence-corrected chi connectivity index (χ4v) is 2.25. The Morgan fingerprint density at radius 2 is 1.90 bits per heavy atom. The lowest BCUT2D eigenvalue weighted by molar-refractivity contribution is 0.474. The summed E-state index contributed by atoms with van der Waals surface area (Å²) in [5, 5.41) is 12.8.